The third kappa shape index (κ3) is 1.85. The molecule has 1 aliphatic heterocycles. The summed E-state index contributed by atoms with van der Waals surface area (Å²) in [5, 5.41) is 0. The van der Waals surface area contributed by atoms with Gasteiger partial charge in [-0.3, -0.25) is 14.3 Å². The lowest BCUT2D eigenvalue weighted by Gasteiger charge is -2.13. The molecule has 82 valence electrons. The number of nitrogens with one attached hydrogen (secondary N) is 1. The van der Waals surface area contributed by atoms with Gasteiger partial charge in [0.2, 0.25) is 5.82 Å². The number of aromatic nitrogens is 2. The quantitative estimate of drug-likeness (QED) is 0.734. The SMILES string of the molecule is C[C@@H]1CCC(n2cc(F)c(=O)[nH]c2=O)O1. The van der Waals surface area contributed by atoms with Crippen molar-refractivity contribution in [3.63, 3.8) is 0 Å². The first-order valence-electron chi connectivity index (χ1n) is 4.74. The molecule has 0 amide bonds. The molecule has 15 heavy (non-hydrogen) atoms. The highest BCUT2D eigenvalue weighted by molar-refractivity contribution is 4.89. The molecule has 1 N–H and O–H groups in total. The molecule has 0 aromatic carbocycles. The first-order chi connectivity index (χ1) is 7.08. The van der Waals surface area contributed by atoms with Crippen LogP contribution in [0.1, 0.15) is 26.0 Å². The summed E-state index contributed by atoms with van der Waals surface area (Å²) in [4.78, 5) is 24.0. The van der Waals surface area contributed by atoms with Gasteiger partial charge in [0.05, 0.1) is 12.3 Å². The van der Waals surface area contributed by atoms with Crippen molar-refractivity contribution in [1.29, 1.82) is 0 Å². The van der Waals surface area contributed by atoms with Gasteiger partial charge in [-0.05, 0) is 19.8 Å². The molecule has 5 nitrogen and oxygen atoms in total. The topological polar surface area (TPSA) is 64.1 Å². The van der Waals surface area contributed by atoms with Crippen molar-refractivity contribution in [2.24, 2.45) is 0 Å². The van der Waals surface area contributed by atoms with E-state index in [0.29, 0.717) is 6.42 Å². The van der Waals surface area contributed by atoms with Crippen LogP contribution in [0.4, 0.5) is 4.39 Å². The van der Waals surface area contributed by atoms with Gasteiger partial charge >= 0.3 is 5.69 Å². The van der Waals surface area contributed by atoms with Crippen LogP contribution in [0.2, 0.25) is 0 Å². The molecule has 0 spiro atoms. The summed E-state index contributed by atoms with van der Waals surface area (Å²) in [5.74, 6) is -0.974. The number of ether oxygens (including phenoxy) is 1. The lowest BCUT2D eigenvalue weighted by Crippen LogP contribution is -2.33. The van der Waals surface area contributed by atoms with Crippen LogP contribution in [0.15, 0.2) is 15.8 Å². The molecular formula is C9H11FN2O3. The average Bonchev–Trinajstić information content (AvgIpc) is 2.58. The Balaban J connectivity index is 2.41. The van der Waals surface area contributed by atoms with Crippen LogP contribution in [-0.2, 0) is 4.74 Å². The van der Waals surface area contributed by atoms with E-state index in [4.69, 9.17) is 4.74 Å². The summed E-state index contributed by atoms with van der Waals surface area (Å²) >= 11 is 0. The molecule has 1 fully saturated rings. The van der Waals surface area contributed by atoms with Crippen molar-refractivity contribution < 1.29 is 9.13 Å². The smallest absolute Gasteiger partial charge is 0.330 e. The van der Waals surface area contributed by atoms with Crippen molar-refractivity contribution in [3.8, 4) is 0 Å². The number of H-pyrrole nitrogens is 1. The van der Waals surface area contributed by atoms with Crippen molar-refractivity contribution in [2.45, 2.75) is 32.1 Å². The molecule has 0 aliphatic carbocycles. The van der Waals surface area contributed by atoms with Gasteiger partial charge in [-0.25, -0.2) is 4.79 Å². The highest BCUT2D eigenvalue weighted by atomic mass is 19.1. The van der Waals surface area contributed by atoms with Crippen LogP contribution in [0, 0.1) is 5.82 Å². The van der Waals surface area contributed by atoms with E-state index in [1.54, 1.807) is 0 Å². The molecule has 0 saturated carbocycles. The minimum Gasteiger partial charge on any atom is -0.355 e. The Morgan fingerprint density at radius 2 is 2.27 bits per heavy atom. The Morgan fingerprint density at radius 3 is 2.87 bits per heavy atom. The van der Waals surface area contributed by atoms with Gasteiger partial charge in [-0.1, -0.05) is 0 Å². The zero-order chi connectivity index (χ0) is 11.0. The van der Waals surface area contributed by atoms with Gasteiger partial charge in [-0.15, -0.1) is 0 Å². The summed E-state index contributed by atoms with van der Waals surface area (Å²) in [5.41, 5.74) is -1.64. The highest BCUT2D eigenvalue weighted by Gasteiger charge is 2.24. The first kappa shape index (κ1) is 10.1. The van der Waals surface area contributed by atoms with E-state index in [1.807, 2.05) is 11.9 Å². The largest absolute Gasteiger partial charge is 0.355 e. The third-order valence-corrected chi connectivity index (χ3v) is 2.44. The fourth-order valence-corrected chi connectivity index (χ4v) is 1.66. The molecule has 1 aromatic rings. The van der Waals surface area contributed by atoms with Crippen LogP contribution in [0.5, 0.6) is 0 Å². The monoisotopic (exact) mass is 214 g/mol. The van der Waals surface area contributed by atoms with Crippen LogP contribution in [0.25, 0.3) is 0 Å². The fraction of sp³-hybridized carbons (Fsp3) is 0.556. The lowest BCUT2D eigenvalue weighted by molar-refractivity contribution is 0.00727. The van der Waals surface area contributed by atoms with Gasteiger partial charge in [0.15, 0.2) is 0 Å². The standard InChI is InChI=1S/C9H11FN2O3/c1-5-2-3-7(15-5)12-4-6(10)8(13)11-9(12)14/h4-5,7H,2-3H2,1H3,(H,11,13,14)/t5-,7?/m1/s1. The molecule has 1 aromatic heterocycles. The molecule has 1 aliphatic rings. The molecule has 2 rings (SSSR count). The Kier molecular flexibility index (Phi) is 2.44. The average molecular weight is 214 g/mol. The van der Waals surface area contributed by atoms with Gasteiger partial charge in [0, 0.05) is 0 Å². The van der Waals surface area contributed by atoms with Crippen LogP contribution in [-0.4, -0.2) is 15.7 Å². The van der Waals surface area contributed by atoms with Crippen LogP contribution in [0.3, 0.4) is 0 Å². The summed E-state index contributed by atoms with van der Waals surface area (Å²) in [6.45, 7) is 1.88. The van der Waals surface area contributed by atoms with E-state index >= 15 is 0 Å². The second kappa shape index (κ2) is 3.62. The number of halogens is 1. The van der Waals surface area contributed by atoms with Crippen molar-refractivity contribution in [3.05, 3.63) is 32.9 Å². The summed E-state index contributed by atoms with van der Waals surface area (Å²) in [6.07, 6.45) is 1.93. The Morgan fingerprint density at radius 1 is 1.53 bits per heavy atom. The molecule has 1 saturated heterocycles. The summed E-state index contributed by atoms with van der Waals surface area (Å²) in [7, 11) is 0. The van der Waals surface area contributed by atoms with E-state index in [2.05, 4.69) is 0 Å². The molecule has 0 radical (unpaired) electrons. The van der Waals surface area contributed by atoms with Gasteiger partial charge in [0.1, 0.15) is 6.23 Å². The summed E-state index contributed by atoms with van der Waals surface area (Å²) < 4.78 is 19.4. The van der Waals surface area contributed by atoms with E-state index in [9.17, 15) is 14.0 Å². The van der Waals surface area contributed by atoms with E-state index in [1.165, 1.54) is 0 Å². The van der Waals surface area contributed by atoms with Crippen molar-refractivity contribution >= 4 is 0 Å². The number of nitrogens with zero attached hydrogens (tertiary/aromatic N) is 1. The molecular weight excluding hydrogens is 203 g/mol. The number of hydrogen-bond donors (Lipinski definition) is 1. The predicted molar refractivity (Wildman–Crippen MR) is 50.1 cm³/mol. The van der Waals surface area contributed by atoms with Crippen molar-refractivity contribution in [1.82, 2.24) is 9.55 Å². The second-order valence-electron chi connectivity index (χ2n) is 3.62. The maximum Gasteiger partial charge on any atom is 0.330 e. The minimum absolute atomic E-state index is 0.0527. The number of aromatic amines is 1. The number of hydrogen-bond acceptors (Lipinski definition) is 3. The Labute approximate surface area is 84.5 Å². The van der Waals surface area contributed by atoms with E-state index < -0.39 is 23.3 Å². The summed E-state index contributed by atoms with van der Waals surface area (Å²) in [6, 6.07) is 0. The van der Waals surface area contributed by atoms with Crippen LogP contribution < -0.4 is 11.2 Å². The van der Waals surface area contributed by atoms with Crippen LogP contribution >= 0.6 is 0 Å². The zero-order valence-electron chi connectivity index (χ0n) is 8.20. The Bertz CT molecular complexity index is 479. The lowest BCUT2D eigenvalue weighted by atomic mass is 10.2. The number of rotatable bonds is 1. The second-order valence-corrected chi connectivity index (χ2v) is 3.62. The van der Waals surface area contributed by atoms with Gasteiger partial charge in [-0.2, -0.15) is 4.39 Å². The van der Waals surface area contributed by atoms with E-state index in [-0.39, 0.29) is 6.10 Å². The Hall–Kier alpha value is -1.43. The minimum atomic E-state index is -0.998. The normalized spacial score (nSPS) is 25.7. The van der Waals surface area contributed by atoms with Crippen molar-refractivity contribution in [2.75, 3.05) is 0 Å². The first-order valence-corrected chi connectivity index (χ1v) is 4.74. The molecule has 1 unspecified atom stereocenters. The highest BCUT2D eigenvalue weighted by Crippen LogP contribution is 2.26. The van der Waals surface area contributed by atoms with E-state index in [0.717, 1.165) is 17.2 Å². The third-order valence-electron chi connectivity index (χ3n) is 2.44. The molecule has 2 atom stereocenters. The predicted octanol–water partition coefficient (Wildman–Crippen LogP) is 0.373. The fourth-order valence-electron chi connectivity index (χ4n) is 1.66. The molecule has 6 heteroatoms. The maximum absolute atomic E-state index is 13.0. The molecule has 0 bridgehead atoms. The molecule has 2 heterocycles. The van der Waals surface area contributed by atoms with Gasteiger partial charge < -0.3 is 4.74 Å². The maximum atomic E-state index is 13.0. The van der Waals surface area contributed by atoms with Gasteiger partial charge in [0.25, 0.3) is 5.56 Å². The zero-order valence-corrected chi connectivity index (χ0v) is 8.20.